The molecular formula is C23H19NO5S. The van der Waals surface area contributed by atoms with E-state index in [1.165, 1.54) is 23.8 Å². The van der Waals surface area contributed by atoms with E-state index in [2.05, 4.69) is 0 Å². The minimum absolute atomic E-state index is 0.166. The molecule has 0 unspecified atom stereocenters. The first-order valence-corrected chi connectivity index (χ1v) is 10.5. The summed E-state index contributed by atoms with van der Waals surface area (Å²) in [6, 6.07) is 18.2. The smallest absolute Gasteiger partial charge is 0.374 e. The van der Waals surface area contributed by atoms with Crippen molar-refractivity contribution in [3.63, 3.8) is 0 Å². The van der Waals surface area contributed by atoms with Crippen LogP contribution in [0.4, 0.5) is 0 Å². The maximum atomic E-state index is 12.4. The van der Waals surface area contributed by atoms with Crippen LogP contribution in [0.3, 0.4) is 0 Å². The first kappa shape index (κ1) is 20.0. The average Bonchev–Trinajstić information content (AvgIpc) is 3.32. The quantitative estimate of drug-likeness (QED) is 0.322. The van der Waals surface area contributed by atoms with E-state index in [-0.39, 0.29) is 17.6 Å². The Morgan fingerprint density at radius 3 is 2.23 bits per heavy atom. The Hall–Kier alpha value is -3.32. The third-order valence-electron chi connectivity index (χ3n) is 4.82. The zero-order valence-corrected chi connectivity index (χ0v) is 17.1. The second kappa shape index (κ2) is 8.59. The highest BCUT2D eigenvalue weighted by Gasteiger charge is 2.34. The largest absolute Gasteiger partial charge is 0.463 e. The monoisotopic (exact) mass is 421 g/mol. The SMILES string of the molecule is COC(=O)c1oc(CSCCN2C(=O)c3ccccc3C2=O)cc1-c1ccccc1. The molecule has 0 saturated heterocycles. The fraction of sp³-hybridized carbons (Fsp3) is 0.174. The number of esters is 1. The summed E-state index contributed by atoms with van der Waals surface area (Å²) in [5, 5.41) is 0. The number of carbonyl (C=O) groups is 3. The number of benzene rings is 2. The van der Waals surface area contributed by atoms with Crippen LogP contribution in [0.15, 0.2) is 65.1 Å². The molecule has 2 aromatic carbocycles. The van der Waals surface area contributed by atoms with Crippen LogP contribution in [0.2, 0.25) is 0 Å². The molecule has 0 atom stereocenters. The Balaban J connectivity index is 1.40. The zero-order chi connectivity index (χ0) is 21.1. The van der Waals surface area contributed by atoms with Crippen LogP contribution >= 0.6 is 11.8 Å². The molecular weight excluding hydrogens is 402 g/mol. The van der Waals surface area contributed by atoms with Crippen molar-refractivity contribution in [2.45, 2.75) is 5.75 Å². The number of rotatable bonds is 7. The fourth-order valence-electron chi connectivity index (χ4n) is 3.36. The molecule has 7 heteroatoms. The Kier molecular flexibility index (Phi) is 5.72. The van der Waals surface area contributed by atoms with Gasteiger partial charge in [-0.05, 0) is 23.8 Å². The number of fused-ring (bicyclic) bond motifs is 1. The molecule has 0 N–H and O–H groups in total. The number of imide groups is 1. The molecule has 2 amide bonds. The molecule has 4 rings (SSSR count). The van der Waals surface area contributed by atoms with Crippen LogP contribution in [0.25, 0.3) is 11.1 Å². The summed E-state index contributed by atoms with van der Waals surface area (Å²) in [6.07, 6.45) is 0. The van der Waals surface area contributed by atoms with Gasteiger partial charge in [0.15, 0.2) is 0 Å². The first-order chi connectivity index (χ1) is 14.6. The van der Waals surface area contributed by atoms with Gasteiger partial charge in [-0.2, -0.15) is 11.8 Å². The molecule has 152 valence electrons. The van der Waals surface area contributed by atoms with Crippen molar-refractivity contribution in [3.8, 4) is 11.1 Å². The van der Waals surface area contributed by atoms with Gasteiger partial charge in [-0.3, -0.25) is 14.5 Å². The minimum atomic E-state index is -0.531. The molecule has 0 fully saturated rings. The van der Waals surface area contributed by atoms with Crippen molar-refractivity contribution >= 4 is 29.5 Å². The molecule has 1 aliphatic rings. The number of ether oxygens (including phenoxy) is 1. The number of carbonyl (C=O) groups excluding carboxylic acids is 3. The van der Waals surface area contributed by atoms with E-state index in [0.29, 0.717) is 40.5 Å². The summed E-state index contributed by atoms with van der Waals surface area (Å²) in [6.45, 7) is 0.313. The Morgan fingerprint density at radius 2 is 1.60 bits per heavy atom. The molecule has 6 nitrogen and oxygen atoms in total. The van der Waals surface area contributed by atoms with Gasteiger partial charge in [-0.1, -0.05) is 42.5 Å². The highest BCUT2D eigenvalue weighted by atomic mass is 32.2. The highest BCUT2D eigenvalue weighted by molar-refractivity contribution is 7.98. The molecule has 30 heavy (non-hydrogen) atoms. The molecule has 1 aromatic heterocycles. The van der Waals surface area contributed by atoms with Gasteiger partial charge in [0.2, 0.25) is 5.76 Å². The number of hydrogen-bond donors (Lipinski definition) is 0. The summed E-state index contributed by atoms with van der Waals surface area (Å²) in [4.78, 5) is 38.2. The summed E-state index contributed by atoms with van der Waals surface area (Å²) in [7, 11) is 1.32. The average molecular weight is 421 g/mol. The molecule has 0 aliphatic carbocycles. The van der Waals surface area contributed by atoms with Crippen molar-refractivity contribution in [3.05, 3.63) is 83.3 Å². The lowest BCUT2D eigenvalue weighted by atomic mass is 10.1. The van der Waals surface area contributed by atoms with Gasteiger partial charge in [0, 0.05) is 17.9 Å². The first-order valence-electron chi connectivity index (χ1n) is 9.39. The highest BCUT2D eigenvalue weighted by Crippen LogP contribution is 2.30. The topological polar surface area (TPSA) is 76.8 Å². The van der Waals surface area contributed by atoms with Gasteiger partial charge in [-0.25, -0.2) is 4.79 Å². The predicted octanol–water partition coefficient (Wildman–Crippen LogP) is 4.26. The van der Waals surface area contributed by atoms with Crippen molar-refractivity contribution < 1.29 is 23.5 Å². The summed E-state index contributed by atoms with van der Waals surface area (Å²) < 4.78 is 10.6. The number of nitrogens with zero attached hydrogens (tertiary/aromatic N) is 1. The molecule has 2 heterocycles. The molecule has 0 radical (unpaired) electrons. The van der Waals surface area contributed by atoms with Gasteiger partial charge >= 0.3 is 5.97 Å². The number of methoxy groups -OCH3 is 1. The Bertz CT molecular complexity index is 1070. The van der Waals surface area contributed by atoms with Gasteiger partial charge in [-0.15, -0.1) is 0 Å². The van der Waals surface area contributed by atoms with Crippen molar-refractivity contribution in [1.29, 1.82) is 0 Å². The maximum absolute atomic E-state index is 12.4. The van der Waals surface area contributed by atoms with Crippen LogP contribution in [-0.2, 0) is 10.5 Å². The van der Waals surface area contributed by atoms with E-state index >= 15 is 0 Å². The fourth-order valence-corrected chi connectivity index (χ4v) is 4.16. The van der Waals surface area contributed by atoms with Gasteiger partial charge in [0.25, 0.3) is 11.8 Å². The van der Waals surface area contributed by atoms with E-state index in [9.17, 15) is 14.4 Å². The lowest BCUT2D eigenvalue weighted by molar-refractivity contribution is 0.0563. The van der Waals surface area contributed by atoms with Crippen LogP contribution in [-0.4, -0.2) is 42.1 Å². The van der Waals surface area contributed by atoms with E-state index in [4.69, 9.17) is 9.15 Å². The van der Waals surface area contributed by atoms with E-state index in [0.717, 1.165) is 5.56 Å². The van der Waals surface area contributed by atoms with Crippen molar-refractivity contribution in [1.82, 2.24) is 4.90 Å². The standard InChI is InChI=1S/C23H19NO5S/c1-28-23(27)20-19(15-7-3-2-4-8-15)13-16(29-20)14-30-12-11-24-21(25)17-9-5-6-10-18(17)22(24)26/h2-10,13H,11-12,14H2,1H3. The number of thioether (sulfide) groups is 1. The predicted molar refractivity (Wildman–Crippen MR) is 113 cm³/mol. The summed E-state index contributed by atoms with van der Waals surface area (Å²) in [5.41, 5.74) is 2.45. The molecule has 3 aromatic rings. The second-order valence-electron chi connectivity index (χ2n) is 6.67. The van der Waals surface area contributed by atoms with Gasteiger partial charge < -0.3 is 9.15 Å². The van der Waals surface area contributed by atoms with Crippen LogP contribution < -0.4 is 0 Å². The van der Waals surface area contributed by atoms with Crippen molar-refractivity contribution in [2.75, 3.05) is 19.4 Å². The Morgan fingerprint density at radius 1 is 0.967 bits per heavy atom. The molecule has 0 saturated carbocycles. The minimum Gasteiger partial charge on any atom is -0.463 e. The van der Waals surface area contributed by atoms with Crippen molar-refractivity contribution in [2.24, 2.45) is 0 Å². The van der Waals surface area contributed by atoms with E-state index < -0.39 is 5.97 Å². The molecule has 0 spiro atoms. The lowest BCUT2D eigenvalue weighted by Crippen LogP contribution is -2.31. The zero-order valence-electron chi connectivity index (χ0n) is 16.3. The van der Waals surface area contributed by atoms with Gasteiger partial charge in [0.1, 0.15) is 5.76 Å². The second-order valence-corrected chi connectivity index (χ2v) is 7.78. The number of furan rings is 1. The van der Waals surface area contributed by atoms with Crippen LogP contribution in [0, 0.1) is 0 Å². The maximum Gasteiger partial charge on any atom is 0.374 e. The summed E-state index contributed by atoms with van der Waals surface area (Å²) >= 11 is 1.52. The molecule has 0 bridgehead atoms. The van der Waals surface area contributed by atoms with Gasteiger partial charge in [0.05, 0.1) is 24.0 Å². The summed E-state index contributed by atoms with van der Waals surface area (Å²) in [5.74, 6) is 0.805. The third kappa shape index (κ3) is 3.76. The van der Waals surface area contributed by atoms with Crippen LogP contribution in [0.5, 0.6) is 0 Å². The third-order valence-corrected chi connectivity index (χ3v) is 5.78. The molecule has 1 aliphatic heterocycles. The van der Waals surface area contributed by atoms with E-state index in [1.807, 2.05) is 36.4 Å². The van der Waals surface area contributed by atoms with E-state index in [1.54, 1.807) is 24.3 Å². The normalized spacial score (nSPS) is 12.9. The van der Waals surface area contributed by atoms with Crippen LogP contribution in [0.1, 0.15) is 37.0 Å². The lowest BCUT2D eigenvalue weighted by Gasteiger charge is -2.12. The number of amides is 2. The Labute approximate surface area is 177 Å². The number of hydrogen-bond acceptors (Lipinski definition) is 6.